The zero-order valence-corrected chi connectivity index (χ0v) is 16.2. The molecule has 2 aromatic heterocycles. The van der Waals surface area contributed by atoms with E-state index in [4.69, 9.17) is 4.74 Å². The highest BCUT2D eigenvalue weighted by Gasteiger charge is 2.20. The van der Waals surface area contributed by atoms with Gasteiger partial charge >= 0.3 is 0 Å². The average Bonchev–Trinajstić information content (AvgIpc) is 3.35. The van der Waals surface area contributed by atoms with Crippen LogP contribution in [0, 0.1) is 0 Å². The summed E-state index contributed by atoms with van der Waals surface area (Å²) >= 11 is 1.77. The molecule has 5 nitrogen and oxygen atoms in total. The molecule has 1 aliphatic heterocycles. The normalized spacial score (nSPS) is 16.9. The Bertz CT molecular complexity index is 946. The van der Waals surface area contributed by atoms with E-state index in [-0.39, 0.29) is 11.7 Å². The lowest BCUT2D eigenvalue weighted by molar-refractivity contribution is 0.108. The van der Waals surface area contributed by atoms with Crippen molar-refractivity contribution < 1.29 is 4.74 Å². The molecule has 3 aromatic rings. The van der Waals surface area contributed by atoms with Gasteiger partial charge in [0.1, 0.15) is 5.82 Å². The molecule has 1 unspecified atom stereocenters. The Morgan fingerprint density at radius 2 is 2.19 bits per heavy atom. The van der Waals surface area contributed by atoms with Crippen LogP contribution in [0.15, 0.2) is 52.6 Å². The number of ether oxygens (including phenoxy) is 1. The summed E-state index contributed by atoms with van der Waals surface area (Å²) in [5.74, 6) is 0.607. The number of benzene rings is 1. The fourth-order valence-electron chi connectivity index (χ4n) is 3.44. The van der Waals surface area contributed by atoms with Crippen LogP contribution in [0.4, 0.5) is 0 Å². The first-order valence-corrected chi connectivity index (χ1v) is 10.1. The van der Waals surface area contributed by atoms with Crippen LogP contribution >= 0.6 is 11.3 Å². The maximum absolute atomic E-state index is 12.1. The molecule has 0 radical (unpaired) electrons. The molecule has 0 saturated carbocycles. The van der Waals surface area contributed by atoms with Crippen LogP contribution in [0.25, 0.3) is 11.4 Å². The van der Waals surface area contributed by atoms with E-state index >= 15 is 0 Å². The van der Waals surface area contributed by atoms with E-state index in [2.05, 4.69) is 51.6 Å². The van der Waals surface area contributed by atoms with Crippen molar-refractivity contribution >= 4 is 11.3 Å². The number of rotatable bonds is 6. The second kappa shape index (κ2) is 8.17. The second-order valence-electron chi connectivity index (χ2n) is 6.97. The maximum Gasteiger partial charge on any atom is 0.251 e. The van der Waals surface area contributed by atoms with Crippen LogP contribution in [0.5, 0.6) is 0 Å². The summed E-state index contributed by atoms with van der Waals surface area (Å²) in [5, 5.41) is 2.10. The van der Waals surface area contributed by atoms with Gasteiger partial charge in [-0.3, -0.25) is 9.69 Å². The van der Waals surface area contributed by atoms with Gasteiger partial charge in [-0.05, 0) is 43.0 Å². The average molecular weight is 382 g/mol. The van der Waals surface area contributed by atoms with Crippen LogP contribution in [0.2, 0.25) is 0 Å². The lowest BCUT2D eigenvalue weighted by atomic mass is 10.1. The molecule has 4 rings (SSSR count). The third-order valence-electron chi connectivity index (χ3n) is 4.68. The number of nitrogens with zero attached hydrogens (tertiary/aromatic N) is 2. The predicted octanol–water partition coefficient (Wildman–Crippen LogP) is 3.98. The first kappa shape index (κ1) is 18.1. The monoisotopic (exact) mass is 381 g/mol. The van der Waals surface area contributed by atoms with E-state index in [0.717, 1.165) is 43.8 Å². The molecule has 0 bridgehead atoms. The molecule has 3 heterocycles. The van der Waals surface area contributed by atoms with Crippen LogP contribution in [0.3, 0.4) is 0 Å². The third-order valence-corrected chi connectivity index (χ3v) is 5.54. The van der Waals surface area contributed by atoms with Crippen LogP contribution in [0.1, 0.15) is 35.1 Å². The standard InChI is InChI=1S/C21H23N3O2S/c1-24(14-17-7-4-10-27-17)13-15-5-2-6-16(11-15)21-22-18(12-20(25)23-21)19-8-3-9-26-19/h2,4-7,10-12,19H,3,8-9,13-14H2,1H3,(H,22,23,25). The van der Waals surface area contributed by atoms with Gasteiger partial charge in [0.15, 0.2) is 0 Å². The quantitative estimate of drug-likeness (QED) is 0.702. The van der Waals surface area contributed by atoms with Gasteiger partial charge in [0.25, 0.3) is 5.56 Å². The van der Waals surface area contributed by atoms with Crippen molar-refractivity contribution in [3.05, 3.63) is 74.3 Å². The van der Waals surface area contributed by atoms with Crippen LogP contribution < -0.4 is 5.56 Å². The minimum atomic E-state index is -0.134. The fourth-order valence-corrected chi connectivity index (χ4v) is 4.23. The molecule has 0 amide bonds. The second-order valence-corrected chi connectivity index (χ2v) is 8.00. The fraction of sp³-hybridized carbons (Fsp3) is 0.333. The predicted molar refractivity (Wildman–Crippen MR) is 108 cm³/mol. The maximum atomic E-state index is 12.1. The lowest BCUT2D eigenvalue weighted by Gasteiger charge is -2.16. The molecule has 1 fully saturated rings. The Labute approximate surface area is 162 Å². The SMILES string of the molecule is CN(Cc1cccc(-c2nc(C3CCCO3)cc(=O)[nH]2)c1)Cc1cccs1. The van der Waals surface area contributed by atoms with Crippen molar-refractivity contribution in [1.29, 1.82) is 0 Å². The van der Waals surface area contributed by atoms with Gasteiger partial charge < -0.3 is 9.72 Å². The Kier molecular flexibility index (Phi) is 5.48. The van der Waals surface area contributed by atoms with E-state index in [1.54, 1.807) is 17.4 Å². The molecular formula is C21H23N3O2S. The van der Waals surface area contributed by atoms with E-state index < -0.39 is 0 Å². The lowest BCUT2D eigenvalue weighted by Crippen LogP contribution is -2.16. The summed E-state index contributed by atoms with van der Waals surface area (Å²) < 4.78 is 5.69. The van der Waals surface area contributed by atoms with Gasteiger partial charge in [-0.15, -0.1) is 11.3 Å². The molecule has 1 atom stereocenters. The van der Waals surface area contributed by atoms with Crippen molar-refractivity contribution in [2.24, 2.45) is 0 Å². The molecule has 1 aliphatic rings. The van der Waals surface area contributed by atoms with Crippen molar-refractivity contribution in [3.8, 4) is 11.4 Å². The molecule has 140 valence electrons. The first-order chi connectivity index (χ1) is 13.2. The summed E-state index contributed by atoms with van der Waals surface area (Å²) in [6.07, 6.45) is 1.87. The molecule has 0 spiro atoms. The first-order valence-electron chi connectivity index (χ1n) is 9.20. The zero-order chi connectivity index (χ0) is 18.6. The van der Waals surface area contributed by atoms with E-state index in [9.17, 15) is 4.79 Å². The molecule has 1 N–H and O–H groups in total. The van der Waals surface area contributed by atoms with Gasteiger partial charge in [-0.25, -0.2) is 4.98 Å². The van der Waals surface area contributed by atoms with Gasteiger partial charge in [0, 0.05) is 36.2 Å². The third kappa shape index (κ3) is 4.53. The van der Waals surface area contributed by atoms with Gasteiger partial charge in [0.05, 0.1) is 11.8 Å². The van der Waals surface area contributed by atoms with Crippen molar-refractivity contribution in [2.45, 2.75) is 32.0 Å². The minimum Gasteiger partial charge on any atom is -0.372 e. The highest BCUT2D eigenvalue weighted by molar-refractivity contribution is 7.09. The van der Waals surface area contributed by atoms with Crippen LogP contribution in [-0.2, 0) is 17.8 Å². The Hall–Kier alpha value is -2.28. The van der Waals surface area contributed by atoms with Gasteiger partial charge in [-0.2, -0.15) is 0 Å². The zero-order valence-electron chi connectivity index (χ0n) is 15.4. The van der Waals surface area contributed by atoms with Gasteiger partial charge in [0.2, 0.25) is 0 Å². The summed E-state index contributed by atoms with van der Waals surface area (Å²) in [6.45, 7) is 2.49. The van der Waals surface area contributed by atoms with Crippen molar-refractivity contribution in [3.63, 3.8) is 0 Å². The summed E-state index contributed by atoms with van der Waals surface area (Å²) in [6, 6.07) is 14.0. The number of nitrogens with one attached hydrogen (secondary N) is 1. The van der Waals surface area contributed by atoms with E-state index in [0.29, 0.717) is 5.82 Å². The molecule has 1 saturated heterocycles. The minimum absolute atomic E-state index is 0.0637. The van der Waals surface area contributed by atoms with E-state index in [1.165, 1.54) is 10.4 Å². The topological polar surface area (TPSA) is 58.2 Å². The molecule has 27 heavy (non-hydrogen) atoms. The van der Waals surface area contributed by atoms with Gasteiger partial charge in [-0.1, -0.05) is 24.3 Å². The number of hydrogen-bond donors (Lipinski definition) is 1. The Balaban J connectivity index is 1.54. The number of H-pyrrole nitrogens is 1. The Morgan fingerprint density at radius 3 is 2.96 bits per heavy atom. The summed E-state index contributed by atoms with van der Waals surface area (Å²) in [7, 11) is 2.12. The number of aromatic amines is 1. The summed E-state index contributed by atoms with van der Waals surface area (Å²) in [5.41, 5.74) is 2.71. The number of thiophene rings is 1. The molecule has 6 heteroatoms. The Morgan fingerprint density at radius 1 is 1.26 bits per heavy atom. The number of aromatic nitrogens is 2. The molecular weight excluding hydrogens is 358 g/mol. The largest absolute Gasteiger partial charge is 0.372 e. The number of hydrogen-bond acceptors (Lipinski definition) is 5. The highest BCUT2D eigenvalue weighted by Crippen LogP contribution is 2.27. The van der Waals surface area contributed by atoms with Crippen LogP contribution in [-0.4, -0.2) is 28.5 Å². The summed E-state index contributed by atoms with van der Waals surface area (Å²) in [4.78, 5) is 23.3. The smallest absolute Gasteiger partial charge is 0.251 e. The molecule has 1 aromatic carbocycles. The highest BCUT2D eigenvalue weighted by atomic mass is 32.1. The van der Waals surface area contributed by atoms with Crippen molar-refractivity contribution in [2.75, 3.05) is 13.7 Å². The molecule has 0 aliphatic carbocycles. The van der Waals surface area contributed by atoms with Crippen molar-refractivity contribution in [1.82, 2.24) is 14.9 Å². The van der Waals surface area contributed by atoms with E-state index in [1.807, 2.05) is 12.1 Å².